The van der Waals surface area contributed by atoms with Gasteiger partial charge in [0.1, 0.15) is 0 Å². The molecule has 1 aliphatic heterocycles. The smallest absolute Gasteiger partial charge is 0.0679 e. The van der Waals surface area contributed by atoms with Gasteiger partial charge in [-0.1, -0.05) is 87.1 Å². The van der Waals surface area contributed by atoms with Crippen molar-refractivity contribution in [3.63, 3.8) is 0 Å². The standard InChI is InChI=1S/C29H39NO/c31-27-19-28(30-20-27)29(25-15-11-23(12-16-25)21-7-3-1-4-8-21)26-17-13-24(14-18-26)22-9-5-2-6-10-22/h11-18,21-22,27-31H,1-10,19-20H2. The normalized spacial score (nSPS) is 25.9. The van der Waals surface area contributed by atoms with E-state index >= 15 is 0 Å². The molecule has 0 radical (unpaired) electrons. The molecule has 2 atom stereocenters. The van der Waals surface area contributed by atoms with Crippen molar-refractivity contribution in [3.8, 4) is 0 Å². The van der Waals surface area contributed by atoms with Crippen LogP contribution in [0.25, 0.3) is 0 Å². The summed E-state index contributed by atoms with van der Waals surface area (Å²) < 4.78 is 0. The van der Waals surface area contributed by atoms with Crippen LogP contribution < -0.4 is 5.32 Å². The molecule has 0 amide bonds. The monoisotopic (exact) mass is 417 g/mol. The van der Waals surface area contributed by atoms with E-state index in [0.29, 0.717) is 18.5 Å². The Labute approximate surface area is 188 Å². The molecule has 0 spiro atoms. The molecule has 2 nitrogen and oxygen atoms in total. The lowest BCUT2D eigenvalue weighted by molar-refractivity contribution is 0.192. The van der Waals surface area contributed by atoms with Gasteiger partial charge in [0.25, 0.3) is 0 Å². The zero-order valence-corrected chi connectivity index (χ0v) is 18.9. The summed E-state index contributed by atoms with van der Waals surface area (Å²) in [5, 5.41) is 13.8. The molecule has 2 aromatic carbocycles. The van der Waals surface area contributed by atoms with Crippen LogP contribution in [-0.2, 0) is 0 Å². The predicted octanol–water partition coefficient (Wildman–Crippen LogP) is 6.64. The molecule has 2 heteroatoms. The van der Waals surface area contributed by atoms with Gasteiger partial charge < -0.3 is 10.4 Å². The molecule has 1 heterocycles. The molecule has 2 aliphatic carbocycles. The molecular weight excluding hydrogens is 378 g/mol. The van der Waals surface area contributed by atoms with Crippen LogP contribution in [0.1, 0.15) is 111 Å². The second-order valence-corrected chi connectivity index (χ2v) is 10.4. The molecule has 2 saturated carbocycles. The summed E-state index contributed by atoms with van der Waals surface area (Å²) in [6, 6.07) is 19.3. The first-order valence-corrected chi connectivity index (χ1v) is 12.9. The third-order valence-corrected chi connectivity index (χ3v) is 8.29. The van der Waals surface area contributed by atoms with Crippen molar-refractivity contribution in [2.75, 3.05) is 6.54 Å². The maximum atomic E-state index is 10.2. The molecule has 0 aromatic heterocycles. The van der Waals surface area contributed by atoms with Gasteiger partial charge in [-0.3, -0.25) is 0 Å². The third-order valence-electron chi connectivity index (χ3n) is 8.29. The first-order valence-electron chi connectivity index (χ1n) is 12.9. The highest BCUT2D eigenvalue weighted by molar-refractivity contribution is 5.39. The lowest BCUT2D eigenvalue weighted by Crippen LogP contribution is -2.29. The van der Waals surface area contributed by atoms with E-state index in [1.807, 2.05) is 0 Å². The van der Waals surface area contributed by atoms with Crippen molar-refractivity contribution >= 4 is 0 Å². The minimum absolute atomic E-state index is 0.226. The van der Waals surface area contributed by atoms with Crippen LogP contribution in [0.2, 0.25) is 0 Å². The van der Waals surface area contributed by atoms with Crippen LogP contribution in [0.4, 0.5) is 0 Å². The van der Waals surface area contributed by atoms with Crippen LogP contribution in [-0.4, -0.2) is 23.8 Å². The zero-order chi connectivity index (χ0) is 21.0. The summed E-state index contributed by atoms with van der Waals surface area (Å²) in [5.41, 5.74) is 5.82. The van der Waals surface area contributed by atoms with E-state index in [-0.39, 0.29) is 6.10 Å². The number of nitrogens with one attached hydrogen (secondary N) is 1. The molecule has 31 heavy (non-hydrogen) atoms. The molecule has 0 bridgehead atoms. The fourth-order valence-electron chi connectivity index (χ4n) is 6.48. The molecule has 3 aliphatic rings. The summed E-state index contributed by atoms with van der Waals surface area (Å²) in [4.78, 5) is 0. The van der Waals surface area contributed by atoms with E-state index in [4.69, 9.17) is 0 Å². The number of hydrogen-bond donors (Lipinski definition) is 2. The predicted molar refractivity (Wildman–Crippen MR) is 129 cm³/mol. The number of aliphatic hydroxyl groups excluding tert-OH is 1. The Bertz CT molecular complexity index is 753. The van der Waals surface area contributed by atoms with E-state index in [0.717, 1.165) is 18.3 Å². The SMILES string of the molecule is OC1CNC(C(c2ccc(C3CCCCC3)cc2)c2ccc(C3CCCCC3)cc2)C1. The molecule has 5 rings (SSSR count). The van der Waals surface area contributed by atoms with Gasteiger partial charge in [-0.15, -0.1) is 0 Å². The molecule has 2 N–H and O–H groups in total. The highest BCUT2D eigenvalue weighted by Crippen LogP contribution is 2.38. The highest BCUT2D eigenvalue weighted by Gasteiger charge is 2.32. The summed E-state index contributed by atoms with van der Waals surface area (Å²) in [5.74, 6) is 1.81. The van der Waals surface area contributed by atoms with Crippen molar-refractivity contribution in [3.05, 3.63) is 70.8 Å². The van der Waals surface area contributed by atoms with Crippen LogP contribution in [0.3, 0.4) is 0 Å². The lowest BCUT2D eigenvalue weighted by Gasteiger charge is -2.27. The number of benzene rings is 2. The zero-order valence-electron chi connectivity index (χ0n) is 18.9. The average Bonchev–Trinajstić information content (AvgIpc) is 3.27. The minimum Gasteiger partial charge on any atom is -0.392 e. The fourth-order valence-corrected chi connectivity index (χ4v) is 6.48. The summed E-state index contributed by atoms with van der Waals surface area (Å²) in [6.07, 6.45) is 14.3. The molecule has 2 aromatic rings. The van der Waals surface area contributed by atoms with Gasteiger partial charge in [0.2, 0.25) is 0 Å². The van der Waals surface area contributed by atoms with Crippen molar-refractivity contribution in [2.24, 2.45) is 0 Å². The third kappa shape index (κ3) is 4.91. The largest absolute Gasteiger partial charge is 0.392 e. The van der Waals surface area contributed by atoms with Crippen LogP contribution in [0, 0.1) is 0 Å². The second-order valence-electron chi connectivity index (χ2n) is 10.4. The van der Waals surface area contributed by atoms with Gasteiger partial charge in [-0.05, 0) is 66.2 Å². The fraction of sp³-hybridized carbons (Fsp3) is 0.586. The highest BCUT2D eigenvalue weighted by atomic mass is 16.3. The Morgan fingerprint density at radius 1 is 0.645 bits per heavy atom. The topological polar surface area (TPSA) is 32.3 Å². The van der Waals surface area contributed by atoms with E-state index in [2.05, 4.69) is 53.8 Å². The Morgan fingerprint density at radius 3 is 1.48 bits per heavy atom. The van der Waals surface area contributed by atoms with Gasteiger partial charge in [0.15, 0.2) is 0 Å². The number of aliphatic hydroxyl groups is 1. The first kappa shape index (κ1) is 21.2. The number of hydrogen-bond acceptors (Lipinski definition) is 2. The quantitative estimate of drug-likeness (QED) is 0.572. The first-order chi connectivity index (χ1) is 15.3. The summed E-state index contributed by atoms with van der Waals surface area (Å²) >= 11 is 0. The van der Waals surface area contributed by atoms with Gasteiger partial charge in [0.05, 0.1) is 6.10 Å². The van der Waals surface area contributed by atoms with Gasteiger partial charge >= 0.3 is 0 Å². The van der Waals surface area contributed by atoms with E-state index < -0.39 is 0 Å². The average molecular weight is 418 g/mol. The van der Waals surface area contributed by atoms with Crippen molar-refractivity contribution in [1.82, 2.24) is 5.32 Å². The Balaban J connectivity index is 1.39. The molecule has 2 unspecified atom stereocenters. The van der Waals surface area contributed by atoms with E-state index in [9.17, 15) is 5.11 Å². The van der Waals surface area contributed by atoms with Crippen molar-refractivity contribution in [2.45, 2.75) is 101 Å². The molecule has 166 valence electrons. The van der Waals surface area contributed by atoms with E-state index in [1.54, 1.807) is 0 Å². The van der Waals surface area contributed by atoms with Gasteiger partial charge in [-0.25, -0.2) is 0 Å². The molecular formula is C29H39NO. The van der Waals surface area contributed by atoms with Crippen LogP contribution in [0.15, 0.2) is 48.5 Å². The van der Waals surface area contributed by atoms with E-state index in [1.165, 1.54) is 86.5 Å². The van der Waals surface area contributed by atoms with Crippen LogP contribution >= 0.6 is 0 Å². The Hall–Kier alpha value is -1.64. The molecule has 1 saturated heterocycles. The van der Waals surface area contributed by atoms with Crippen LogP contribution in [0.5, 0.6) is 0 Å². The number of β-amino-alcohol motifs (C(OH)–C–C–N with tert-alkyl or cyclic N) is 1. The second kappa shape index (κ2) is 9.88. The number of rotatable bonds is 5. The Kier molecular flexibility index (Phi) is 6.76. The maximum absolute atomic E-state index is 10.2. The molecule has 3 fully saturated rings. The van der Waals surface area contributed by atoms with Crippen molar-refractivity contribution in [1.29, 1.82) is 0 Å². The lowest BCUT2D eigenvalue weighted by atomic mass is 9.79. The maximum Gasteiger partial charge on any atom is 0.0679 e. The Morgan fingerprint density at radius 2 is 1.10 bits per heavy atom. The van der Waals surface area contributed by atoms with Gasteiger partial charge in [0, 0.05) is 18.5 Å². The minimum atomic E-state index is -0.226. The van der Waals surface area contributed by atoms with Crippen molar-refractivity contribution < 1.29 is 5.11 Å². The van der Waals surface area contributed by atoms with Gasteiger partial charge in [-0.2, -0.15) is 0 Å². The summed E-state index contributed by atoms with van der Waals surface area (Å²) in [6.45, 7) is 0.710. The summed E-state index contributed by atoms with van der Waals surface area (Å²) in [7, 11) is 0.